The van der Waals surface area contributed by atoms with Gasteiger partial charge in [-0.1, -0.05) is 12.1 Å². The molecule has 35 heavy (non-hydrogen) atoms. The number of nitrogens with zero attached hydrogens (tertiary/aromatic N) is 2. The number of hydrogen-bond acceptors (Lipinski definition) is 8. The van der Waals surface area contributed by atoms with E-state index in [1.807, 2.05) is 32.0 Å². The Morgan fingerprint density at radius 3 is 2.54 bits per heavy atom. The zero-order valence-electron chi connectivity index (χ0n) is 20.6. The van der Waals surface area contributed by atoms with Crippen molar-refractivity contribution >= 4 is 34.2 Å². The second kappa shape index (κ2) is 11.2. The molecule has 0 saturated heterocycles. The van der Waals surface area contributed by atoms with E-state index in [-0.39, 0.29) is 40.6 Å². The van der Waals surface area contributed by atoms with Gasteiger partial charge < -0.3 is 19.5 Å². The van der Waals surface area contributed by atoms with Crippen molar-refractivity contribution in [3.8, 4) is 5.75 Å². The molecule has 0 unspecified atom stereocenters. The van der Waals surface area contributed by atoms with Crippen molar-refractivity contribution in [1.29, 1.82) is 0 Å². The molecule has 3 rings (SSSR count). The predicted octanol–water partition coefficient (Wildman–Crippen LogP) is 4.90. The number of ether oxygens (including phenoxy) is 3. The maximum Gasteiger partial charge on any atom is 0.348 e. The smallest absolute Gasteiger partial charge is 0.348 e. The molecule has 0 atom stereocenters. The SMILES string of the molecule is CCOC(=O)c1sc(NC(=O)c2ccn(COc3cc(C)ccc3C)n2)c(C(=O)OC(C)C)c1C. The third-order valence-corrected chi connectivity index (χ3v) is 6.14. The van der Waals surface area contributed by atoms with Crippen LogP contribution < -0.4 is 10.1 Å². The lowest BCUT2D eigenvalue weighted by Crippen LogP contribution is -2.18. The second-order valence-corrected chi connectivity index (χ2v) is 9.19. The fourth-order valence-corrected chi connectivity index (χ4v) is 4.32. The summed E-state index contributed by atoms with van der Waals surface area (Å²) in [6, 6.07) is 7.45. The number of aryl methyl sites for hydroxylation is 2. The summed E-state index contributed by atoms with van der Waals surface area (Å²) in [7, 11) is 0. The minimum atomic E-state index is -0.632. The summed E-state index contributed by atoms with van der Waals surface area (Å²) in [5.41, 5.74) is 2.71. The average molecular weight is 500 g/mol. The van der Waals surface area contributed by atoms with Crippen molar-refractivity contribution in [3.05, 3.63) is 63.3 Å². The Balaban J connectivity index is 1.79. The molecule has 1 amide bonds. The number of carbonyl (C=O) groups is 3. The first-order valence-corrected chi connectivity index (χ1v) is 12.0. The Kier molecular flexibility index (Phi) is 8.29. The number of thiophene rings is 1. The van der Waals surface area contributed by atoms with Crippen LogP contribution in [-0.4, -0.2) is 40.3 Å². The maximum atomic E-state index is 12.9. The molecule has 2 aromatic heterocycles. The molecule has 0 bridgehead atoms. The number of carbonyl (C=O) groups excluding carboxylic acids is 3. The third kappa shape index (κ3) is 6.27. The van der Waals surface area contributed by atoms with Gasteiger partial charge in [0.1, 0.15) is 15.6 Å². The second-order valence-electron chi connectivity index (χ2n) is 8.17. The molecule has 1 N–H and O–H groups in total. The molecule has 3 aromatic rings. The first kappa shape index (κ1) is 26.0. The highest BCUT2D eigenvalue weighted by molar-refractivity contribution is 7.18. The number of nitrogens with one attached hydrogen (secondary N) is 1. The molecule has 0 saturated carbocycles. The van der Waals surface area contributed by atoms with Gasteiger partial charge in [-0.15, -0.1) is 11.3 Å². The molecule has 0 aliphatic carbocycles. The highest BCUT2D eigenvalue weighted by Gasteiger charge is 2.28. The number of aromatic nitrogens is 2. The molecule has 0 fully saturated rings. The molecule has 1 aromatic carbocycles. The molecule has 2 heterocycles. The van der Waals surface area contributed by atoms with Crippen molar-refractivity contribution < 1.29 is 28.6 Å². The van der Waals surface area contributed by atoms with Crippen LogP contribution in [0.4, 0.5) is 5.00 Å². The summed E-state index contributed by atoms with van der Waals surface area (Å²) in [6.07, 6.45) is 1.25. The Morgan fingerprint density at radius 1 is 1.11 bits per heavy atom. The van der Waals surface area contributed by atoms with Crippen LogP contribution in [0.3, 0.4) is 0 Å². The summed E-state index contributed by atoms with van der Waals surface area (Å²) in [5.74, 6) is -1.000. The number of anilines is 1. The first-order valence-electron chi connectivity index (χ1n) is 11.2. The molecule has 186 valence electrons. The lowest BCUT2D eigenvalue weighted by molar-refractivity contribution is 0.0379. The van der Waals surface area contributed by atoms with E-state index in [2.05, 4.69) is 10.4 Å². The monoisotopic (exact) mass is 499 g/mol. The van der Waals surface area contributed by atoms with E-state index in [1.54, 1.807) is 40.0 Å². The number of esters is 2. The van der Waals surface area contributed by atoms with Crippen LogP contribution in [0, 0.1) is 20.8 Å². The van der Waals surface area contributed by atoms with Gasteiger partial charge in [0.05, 0.1) is 18.3 Å². The van der Waals surface area contributed by atoms with Crippen LogP contribution in [0.25, 0.3) is 0 Å². The fraction of sp³-hybridized carbons (Fsp3) is 0.360. The van der Waals surface area contributed by atoms with Crippen molar-refractivity contribution in [3.63, 3.8) is 0 Å². The topological polar surface area (TPSA) is 109 Å². The van der Waals surface area contributed by atoms with E-state index in [9.17, 15) is 14.4 Å². The Bertz CT molecular complexity index is 1240. The molecule has 9 nitrogen and oxygen atoms in total. The van der Waals surface area contributed by atoms with Crippen molar-refractivity contribution in [2.45, 2.75) is 54.4 Å². The normalized spacial score (nSPS) is 10.8. The molecule has 0 aliphatic rings. The van der Waals surface area contributed by atoms with Gasteiger partial charge in [0, 0.05) is 6.20 Å². The zero-order chi connectivity index (χ0) is 25.7. The van der Waals surface area contributed by atoms with Gasteiger partial charge >= 0.3 is 11.9 Å². The van der Waals surface area contributed by atoms with Gasteiger partial charge in [-0.05, 0) is 70.4 Å². The van der Waals surface area contributed by atoms with Crippen LogP contribution in [0.5, 0.6) is 5.75 Å². The lowest BCUT2D eigenvalue weighted by atomic mass is 10.1. The lowest BCUT2D eigenvalue weighted by Gasteiger charge is -2.10. The number of rotatable bonds is 9. The standard InChI is InChI=1S/C25H29N3O6S/c1-7-32-25(31)21-17(6)20(24(30)34-14(2)3)23(35-21)26-22(29)18-10-11-28(27-18)13-33-19-12-15(4)8-9-16(19)5/h8-12,14H,7,13H2,1-6H3,(H,26,29). The summed E-state index contributed by atoms with van der Waals surface area (Å²) in [4.78, 5) is 38.2. The van der Waals surface area contributed by atoms with Gasteiger partial charge in [-0.25, -0.2) is 14.3 Å². The quantitative estimate of drug-likeness (QED) is 0.417. The van der Waals surface area contributed by atoms with Gasteiger partial charge in [0.2, 0.25) is 0 Å². The maximum absolute atomic E-state index is 12.9. The minimum absolute atomic E-state index is 0.120. The summed E-state index contributed by atoms with van der Waals surface area (Å²) >= 11 is 0.963. The highest BCUT2D eigenvalue weighted by atomic mass is 32.1. The number of benzene rings is 1. The van der Waals surface area contributed by atoms with Gasteiger partial charge in [0.15, 0.2) is 12.4 Å². The molecular weight excluding hydrogens is 470 g/mol. The zero-order valence-corrected chi connectivity index (χ0v) is 21.4. The molecular formula is C25H29N3O6S. The Labute approximate surface area is 208 Å². The van der Waals surface area contributed by atoms with Crippen molar-refractivity contribution in [2.75, 3.05) is 11.9 Å². The van der Waals surface area contributed by atoms with E-state index in [0.717, 1.165) is 28.2 Å². The first-order chi connectivity index (χ1) is 16.6. The van der Waals surface area contributed by atoms with E-state index in [4.69, 9.17) is 14.2 Å². The molecule has 0 aliphatic heterocycles. The van der Waals surface area contributed by atoms with Crippen molar-refractivity contribution in [2.24, 2.45) is 0 Å². The van der Waals surface area contributed by atoms with Crippen molar-refractivity contribution in [1.82, 2.24) is 9.78 Å². The largest absolute Gasteiger partial charge is 0.471 e. The van der Waals surface area contributed by atoms with Gasteiger partial charge in [-0.2, -0.15) is 5.10 Å². The Morgan fingerprint density at radius 2 is 1.86 bits per heavy atom. The van der Waals surface area contributed by atoms with Crippen LogP contribution >= 0.6 is 11.3 Å². The summed E-state index contributed by atoms with van der Waals surface area (Å²) < 4.78 is 17.7. The Hall–Kier alpha value is -3.66. The van der Waals surface area contributed by atoms with Crippen LogP contribution in [0.15, 0.2) is 30.5 Å². The van der Waals surface area contributed by atoms with Gasteiger partial charge in [0.25, 0.3) is 5.91 Å². The molecule has 0 radical (unpaired) electrons. The van der Waals surface area contributed by atoms with Gasteiger partial charge in [-0.3, -0.25) is 4.79 Å². The fourth-order valence-electron chi connectivity index (χ4n) is 3.23. The third-order valence-electron chi connectivity index (χ3n) is 4.95. The minimum Gasteiger partial charge on any atom is -0.471 e. The van der Waals surface area contributed by atoms with Crippen LogP contribution in [0.1, 0.15) is 68.0 Å². The van der Waals surface area contributed by atoms with Crippen LogP contribution in [0.2, 0.25) is 0 Å². The van der Waals surface area contributed by atoms with Crippen LogP contribution in [-0.2, 0) is 16.2 Å². The number of amides is 1. The average Bonchev–Trinajstić information content (AvgIpc) is 3.38. The summed E-state index contributed by atoms with van der Waals surface area (Å²) in [5, 5.41) is 7.16. The van der Waals surface area contributed by atoms with E-state index in [1.165, 1.54) is 4.68 Å². The number of hydrogen-bond donors (Lipinski definition) is 1. The highest BCUT2D eigenvalue weighted by Crippen LogP contribution is 2.35. The van der Waals surface area contributed by atoms with E-state index in [0.29, 0.717) is 5.56 Å². The molecule has 0 spiro atoms. The summed E-state index contributed by atoms with van der Waals surface area (Å²) in [6.45, 7) is 11.0. The predicted molar refractivity (Wildman–Crippen MR) is 132 cm³/mol. The van der Waals surface area contributed by atoms with E-state index < -0.39 is 17.8 Å². The molecule has 10 heteroatoms. The van der Waals surface area contributed by atoms with E-state index >= 15 is 0 Å².